The molecule has 0 radical (unpaired) electrons. The van der Waals surface area contributed by atoms with Gasteiger partial charge in [0.05, 0.1) is 12.8 Å². The minimum atomic E-state index is -2.43. The van der Waals surface area contributed by atoms with E-state index in [1.165, 1.54) is 12.7 Å². The molecule has 3 aromatic carbocycles. The summed E-state index contributed by atoms with van der Waals surface area (Å²) in [5, 5.41) is 3.95. The molecule has 0 aliphatic carbocycles. The number of anilines is 2. The number of rotatable bonds is 10. The van der Waals surface area contributed by atoms with Crippen LogP contribution in [0.15, 0.2) is 71.1 Å². The Morgan fingerprint density at radius 1 is 1.00 bits per heavy atom. The van der Waals surface area contributed by atoms with Crippen molar-refractivity contribution in [2.45, 2.75) is 60.4 Å². The van der Waals surface area contributed by atoms with Crippen LogP contribution in [0.25, 0.3) is 22.1 Å². The third-order valence-corrected chi connectivity index (χ3v) is 8.26. The van der Waals surface area contributed by atoms with Gasteiger partial charge in [-0.3, -0.25) is 13.7 Å². The summed E-state index contributed by atoms with van der Waals surface area (Å²) in [6.45, 7) is 12.2. The summed E-state index contributed by atoms with van der Waals surface area (Å²) in [6, 6.07) is 19.5. The van der Waals surface area contributed by atoms with Crippen LogP contribution in [0.1, 0.15) is 62.7 Å². The fraction of sp³-hybridized carbons (Fsp3) is 0.353. The van der Waals surface area contributed by atoms with Crippen LogP contribution in [0.5, 0.6) is 0 Å². The summed E-state index contributed by atoms with van der Waals surface area (Å²) < 4.78 is 34.2. The van der Waals surface area contributed by atoms with Crippen LogP contribution in [0, 0.1) is 18.3 Å². The number of amides is 1. The predicted molar refractivity (Wildman–Crippen MR) is 172 cm³/mol. The molecule has 0 saturated heterocycles. The van der Waals surface area contributed by atoms with Gasteiger partial charge in [0.1, 0.15) is 11.6 Å². The number of nitrogens with zero attached hydrogens (tertiary/aromatic N) is 1. The van der Waals surface area contributed by atoms with Gasteiger partial charge in [-0.05, 0) is 78.1 Å². The maximum absolute atomic E-state index is 13.2. The first-order valence-corrected chi connectivity index (χ1v) is 15.4. The monoisotopic (exact) mass is 604 g/mol. The normalized spacial score (nSPS) is 13.1. The Hall–Kier alpha value is -3.95. The highest BCUT2D eigenvalue weighted by atomic mass is 32.2. The minimum absolute atomic E-state index is 0.204. The van der Waals surface area contributed by atoms with Crippen molar-refractivity contribution in [3.63, 3.8) is 0 Å². The summed E-state index contributed by atoms with van der Waals surface area (Å²) in [4.78, 5) is 25.6. The van der Waals surface area contributed by atoms with Crippen molar-refractivity contribution in [3.05, 3.63) is 83.6 Å². The highest BCUT2D eigenvalue weighted by Crippen LogP contribution is 2.32. The molecule has 1 amide bonds. The molecule has 4 aromatic rings. The first kappa shape index (κ1) is 32.0. The highest BCUT2D eigenvalue weighted by Gasteiger charge is 2.34. The Morgan fingerprint density at radius 2 is 1.60 bits per heavy atom. The van der Waals surface area contributed by atoms with E-state index in [0.29, 0.717) is 22.7 Å². The Kier molecular flexibility index (Phi) is 9.77. The summed E-state index contributed by atoms with van der Waals surface area (Å²) >= 11 is -2.43. The number of hydrogen-bond donors (Lipinski definition) is 2. The first-order chi connectivity index (χ1) is 20.3. The summed E-state index contributed by atoms with van der Waals surface area (Å²) in [7, 11) is 1.26. The molecule has 2 atom stereocenters. The Balaban J connectivity index is 1.51. The van der Waals surface area contributed by atoms with Gasteiger partial charge in [0.25, 0.3) is 17.2 Å². The molecule has 9 heteroatoms. The van der Waals surface area contributed by atoms with Gasteiger partial charge in [-0.2, -0.15) is 0 Å². The van der Waals surface area contributed by atoms with Gasteiger partial charge in [-0.25, -0.2) is 9.00 Å². The van der Waals surface area contributed by atoms with Crippen molar-refractivity contribution in [2.75, 3.05) is 16.7 Å². The summed E-state index contributed by atoms with van der Waals surface area (Å²) in [5.41, 5.74) is 5.72. The van der Waals surface area contributed by atoms with Crippen LogP contribution >= 0.6 is 0 Å². The molecule has 2 N–H and O–H groups in total. The van der Waals surface area contributed by atoms with Crippen LogP contribution < -0.4 is 9.62 Å². The maximum atomic E-state index is 13.2. The average molecular weight is 605 g/mol. The molecule has 2 unspecified atom stereocenters. The standard InChI is InChI=1S/C34H40N2O6S/c1-21(2)30(33(38)41-7)36(43(39)40)27-17-13-24(14-18-27)23-11-15-26(16-12-23)35-32(37)31-22(3)29-25(19-20-34(4,5)6)9-8-10-28(29)42-31/h8-18,21,30H,19-20H2,1-7H3,(H,35,37)(H,39,40). The number of methoxy groups -OCH3 is 1. The molecular weight excluding hydrogens is 564 g/mol. The van der Waals surface area contributed by atoms with E-state index in [0.717, 1.165) is 39.2 Å². The van der Waals surface area contributed by atoms with Gasteiger partial charge in [-0.1, -0.05) is 71.0 Å². The van der Waals surface area contributed by atoms with E-state index in [4.69, 9.17) is 9.15 Å². The number of hydrogen-bond acceptors (Lipinski definition) is 5. The molecule has 228 valence electrons. The summed E-state index contributed by atoms with van der Waals surface area (Å²) in [5.74, 6) is -0.854. The van der Waals surface area contributed by atoms with Crippen molar-refractivity contribution in [3.8, 4) is 11.1 Å². The van der Waals surface area contributed by atoms with Crippen molar-refractivity contribution in [1.82, 2.24) is 0 Å². The van der Waals surface area contributed by atoms with Crippen LogP contribution in [0.4, 0.5) is 11.4 Å². The Bertz CT molecular complexity index is 1620. The lowest BCUT2D eigenvalue weighted by Gasteiger charge is -2.30. The second kappa shape index (κ2) is 13.1. The van der Waals surface area contributed by atoms with E-state index in [1.54, 1.807) is 26.0 Å². The fourth-order valence-corrected chi connectivity index (χ4v) is 5.99. The number of nitrogens with one attached hydrogen (secondary N) is 1. The molecule has 8 nitrogen and oxygen atoms in total. The third kappa shape index (κ3) is 7.35. The molecular formula is C34H40N2O6S. The number of carbonyl (C=O) groups is 2. The average Bonchev–Trinajstić information content (AvgIpc) is 3.31. The predicted octanol–water partition coefficient (Wildman–Crippen LogP) is 7.78. The van der Waals surface area contributed by atoms with E-state index in [9.17, 15) is 18.4 Å². The molecule has 0 fully saturated rings. The van der Waals surface area contributed by atoms with Crippen LogP contribution in [-0.2, 0) is 27.2 Å². The van der Waals surface area contributed by atoms with Crippen molar-refractivity contribution in [1.29, 1.82) is 0 Å². The lowest BCUT2D eigenvalue weighted by molar-refractivity contribution is -0.142. The Labute approximate surface area is 255 Å². The number of ether oxygens (including phenoxy) is 1. The topological polar surface area (TPSA) is 109 Å². The lowest BCUT2D eigenvalue weighted by Crippen LogP contribution is -2.46. The zero-order valence-corrected chi connectivity index (χ0v) is 26.6. The van der Waals surface area contributed by atoms with Crippen LogP contribution in [-0.4, -0.2) is 33.8 Å². The van der Waals surface area contributed by atoms with Gasteiger partial charge in [-0.15, -0.1) is 0 Å². The Morgan fingerprint density at radius 3 is 2.14 bits per heavy atom. The quantitative estimate of drug-likeness (QED) is 0.141. The van der Waals surface area contributed by atoms with Gasteiger partial charge in [0.15, 0.2) is 5.76 Å². The van der Waals surface area contributed by atoms with Crippen molar-refractivity contribution >= 4 is 45.5 Å². The van der Waals surface area contributed by atoms with Gasteiger partial charge >= 0.3 is 5.97 Å². The van der Waals surface area contributed by atoms with Crippen LogP contribution in [0.2, 0.25) is 0 Å². The number of carbonyl (C=O) groups excluding carboxylic acids is 2. The van der Waals surface area contributed by atoms with E-state index >= 15 is 0 Å². The smallest absolute Gasteiger partial charge is 0.329 e. The van der Waals surface area contributed by atoms with E-state index in [1.807, 2.05) is 55.5 Å². The lowest BCUT2D eigenvalue weighted by atomic mass is 9.87. The maximum Gasteiger partial charge on any atom is 0.329 e. The molecule has 1 heterocycles. The van der Waals surface area contributed by atoms with Crippen LogP contribution in [0.3, 0.4) is 0 Å². The first-order valence-electron chi connectivity index (χ1n) is 14.3. The number of esters is 1. The molecule has 0 bridgehead atoms. The molecule has 43 heavy (non-hydrogen) atoms. The van der Waals surface area contributed by atoms with Gasteiger partial charge < -0.3 is 14.5 Å². The van der Waals surface area contributed by atoms with Crippen molar-refractivity contribution in [2.24, 2.45) is 11.3 Å². The van der Waals surface area contributed by atoms with Gasteiger partial charge in [0, 0.05) is 16.6 Å². The highest BCUT2D eigenvalue weighted by molar-refractivity contribution is 7.80. The van der Waals surface area contributed by atoms with E-state index in [-0.39, 0.29) is 17.2 Å². The zero-order valence-electron chi connectivity index (χ0n) is 25.8. The molecule has 0 saturated carbocycles. The molecule has 0 aliphatic rings. The largest absolute Gasteiger partial charge is 0.467 e. The van der Waals surface area contributed by atoms with Crippen molar-refractivity contribution < 1.29 is 27.5 Å². The molecule has 1 aromatic heterocycles. The van der Waals surface area contributed by atoms with E-state index in [2.05, 4.69) is 32.2 Å². The third-order valence-electron chi connectivity index (χ3n) is 7.48. The zero-order chi connectivity index (χ0) is 31.5. The SMILES string of the molecule is COC(=O)C(C(C)C)N(c1ccc(-c2ccc(NC(=O)c3oc4cccc(CCC(C)(C)C)c4c3C)cc2)cc1)S(=O)O. The molecule has 0 aliphatic heterocycles. The fourth-order valence-electron chi connectivity index (χ4n) is 5.16. The second-order valence-electron chi connectivity index (χ2n) is 12.3. The summed E-state index contributed by atoms with van der Waals surface area (Å²) in [6.07, 6.45) is 1.93. The number of fused-ring (bicyclic) bond motifs is 1. The van der Waals surface area contributed by atoms with Gasteiger partial charge in [0.2, 0.25) is 0 Å². The molecule has 4 rings (SSSR count). The number of benzene rings is 3. The van der Waals surface area contributed by atoms with E-state index < -0.39 is 23.3 Å². The molecule has 0 spiro atoms. The number of aryl methyl sites for hydroxylation is 2. The second-order valence-corrected chi connectivity index (χ2v) is 13.1. The minimum Gasteiger partial charge on any atom is -0.467 e. The number of furan rings is 1.